The van der Waals surface area contributed by atoms with Crippen LogP contribution in [-0.4, -0.2) is 28.1 Å². The molecule has 4 rings (SSSR count). The Hall–Kier alpha value is -2.14. The Balaban J connectivity index is 1.54. The van der Waals surface area contributed by atoms with Crippen LogP contribution in [-0.2, 0) is 11.3 Å². The van der Waals surface area contributed by atoms with Crippen molar-refractivity contribution in [3.63, 3.8) is 0 Å². The molecule has 2 fully saturated rings. The fourth-order valence-corrected chi connectivity index (χ4v) is 4.44. The average Bonchev–Trinajstić information content (AvgIpc) is 3.21. The van der Waals surface area contributed by atoms with Crippen LogP contribution in [0.5, 0.6) is 0 Å². The minimum absolute atomic E-state index is 0.278. The van der Waals surface area contributed by atoms with Gasteiger partial charge in [0.1, 0.15) is 23.4 Å². The Bertz CT molecular complexity index is 755. The molecule has 1 N–H and O–H groups in total. The number of hydrogen-bond donors (Lipinski definition) is 1. The lowest BCUT2D eigenvalue weighted by atomic mass is 9.85. The zero-order valence-electron chi connectivity index (χ0n) is 14.0. The standard InChI is InChI=1S/C20H22FNO3/c21-15-7-5-13(6-8-15)19-10-9-16(25-19)12-22-17-4-2-1-3-14(17)11-18(22)20(23)24/h5-10,14,17-18H,1-4,11-12H2,(H,23,24). The molecular weight excluding hydrogens is 321 g/mol. The van der Waals surface area contributed by atoms with Crippen LogP contribution in [0, 0.1) is 11.7 Å². The topological polar surface area (TPSA) is 53.7 Å². The number of rotatable bonds is 4. The predicted molar refractivity (Wildman–Crippen MR) is 91.4 cm³/mol. The summed E-state index contributed by atoms with van der Waals surface area (Å²) in [4.78, 5) is 13.8. The van der Waals surface area contributed by atoms with Crippen molar-refractivity contribution in [1.29, 1.82) is 0 Å². The Labute approximate surface area is 146 Å². The zero-order chi connectivity index (χ0) is 17.4. The SMILES string of the molecule is O=C(O)C1CC2CCCCC2N1Cc1ccc(-c2ccc(F)cc2)o1. The van der Waals surface area contributed by atoms with Gasteiger partial charge in [-0.15, -0.1) is 0 Å². The van der Waals surface area contributed by atoms with E-state index >= 15 is 0 Å². The van der Waals surface area contributed by atoms with Gasteiger partial charge in [0.15, 0.2) is 0 Å². The van der Waals surface area contributed by atoms with Crippen LogP contribution in [0.1, 0.15) is 37.9 Å². The smallest absolute Gasteiger partial charge is 0.320 e. The summed E-state index contributed by atoms with van der Waals surface area (Å²) in [5.74, 6) is 0.916. The fourth-order valence-electron chi connectivity index (χ4n) is 4.44. The van der Waals surface area contributed by atoms with E-state index in [9.17, 15) is 14.3 Å². The summed E-state index contributed by atoms with van der Waals surface area (Å²) in [7, 11) is 0. The molecule has 2 aliphatic rings. The van der Waals surface area contributed by atoms with Crippen LogP contribution in [0.15, 0.2) is 40.8 Å². The Morgan fingerprint density at radius 2 is 1.92 bits per heavy atom. The number of furan rings is 1. The van der Waals surface area contributed by atoms with Crippen molar-refractivity contribution >= 4 is 5.97 Å². The molecule has 1 aliphatic carbocycles. The molecule has 2 aromatic rings. The fraction of sp³-hybridized carbons (Fsp3) is 0.450. The molecule has 0 amide bonds. The number of aliphatic carboxylic acids is 1. The van der Waals surface area contributed by atoms with Gasteiger partial charge in [-0.05, 0) is 61.6 Å². The molecule has 1 aromatic heterocycles. The van der Waals surface area contributed by atoms with Crippen molar-refractivity contribution < 1.29 is 18.7 Å². The largest absolute Gasteiger partial charge is 0.480 e. The second-order valence-corrected chi connectivity index (χ2v) is 7.15. The van der Waals surface area contributed by atoms with Crippen molar-refractivity contribution in [2.75, 3.05) is 0 Å². The lowest BCUT2D eigenvalue weighted by molar-refractivity contribution is -0.143. The van der Waals surface area contributed by atoms with Crippen LogP contribution >= 0.6 is 0 Å². The van der Waals surface area contributed by atoms with Crippen molar-refractivity contribution in [3.8, 4) is 11.3 Å². The van der Waals surface area contributed by atoms with Gasteiger partial charge in [0.05, 0.1) is 6.54 Å². The summed E-state index contributed by atoms with van der Waals surface area (Å²) < 4.78 is 19.0. The molecule has 0 spiro atoms. The van der Waals surface area contributed by atoms with Gasteiger partial charge < -0.3 is 9.52 Å². The number of benzene rings is 1. The van der Waals surface area contributed by atoms with E-state index in [-0.39, 0.29) is 5.82 Å². The molecule has 5 heteroatoms. The molecule has 3 atom stereocenters. The Kier molecular flexibility index (Phi) is 4.34. The normalized spacial score (nSPS) is 26.5. The summed E-state index contributed by atoms with van der Waals surface area (Å²) >= 11 is 0. The highest BCUT2D eigenvalue weighted by Crippen LogP contribution is 2.40. The van der Waals surface area contributed by atoms with Crippen LogP contribution in [0.25, 0.3) is 11.3 Å². The molecule has 4 nitrogen and oxygen atoms in total. The van der Waals surface area contributed by atoms with E-state index in [0.717, 1.165) is 30.6 Å². The van der Waals surface area contributed by atoms with Gasteiger partial charge in [0.25, 0.3) is 0 Å². The van der Waals surface area contributed by atoms with E-state index in [4.69, 9.17) is 4.42 Å². The van der Waals surface area contributed by atoms with Crippen molar-refractivity contribution in [2.45, 2.75) is 50.7 Å². The van der Waals surface area contributed by atoms with Crippen LogP contribution < -0.4 is 0 Å². The number of likely N-dealkylation sites (tertiary alicyclic amines) is 1. The number of fused-ring (bicyclic) bond motifs is 1. The molecule has 25 heavy (non-hydrogen) atoms. The van der Waals surface area contributed by atoms with Gasteiger partial charge in [-0.2, -0.15) is 0 Å². The van der Waals surface area contributed by atoms with E-state index < -0.39 is 12.0 Å². The highest BCUT2D eigenvalue weighted by atomic mass is 19.1. The molecule has 1 aromatic carbocycles. The van der Waals surface area contributed by atoms with Gasteiger partial charge in [0.2, 0.25) is 0 Å². The molecule has 2 heterocycles. The maximum Gasteiger partial charge on any atom is 0.320 e. The lowest BCUT2D eigenvalue weighted by Crippen LogP contribution is -2.41. The maximum absolute atomic E-state index is 13.1. The van der Waals surface area contributed by atoms with Gasteiger partial charge in [-0.1, -0.05) is 12.8 Å². The van der Waals surface area contributed by atoms with Gasteiger partial charge >= 0.3 is 5.97 Å². The third-order valence-corrected chi connectivity index (χ3v) is 5.64. The summed E-state index contributed by atoms with van der Waals surface area (Å²) in [6, 6.07) is 9.87. The van der Waals surface area contributed by atoms with E-state index in [1.807, 2.05) is 12.1 Å². The first-order valence-electron chi connectivity index (χ1n) is 8.95. The summed E-state index contributed by atoms with van der Waals surface area (Å²) in [6.45, 7) is 0.513. The van der Waals surface area contributed by atoms with E-state index in [0.29, 0.717) is 24.3 Å². The second-order valence-electron chi connectivity index (χ2n) is 7.15. The van der Waals surface area contributed by atoms with Crippen LogP contribution in [0.3, 0.4) is 0 Å². The highest BCUT2D eigenvalue weighted by molar-refractivity contribution is 5.74. The monoisotopic (exact) mass is 343 g/mol. The Morgan fingerprint density at radius 3 is 2.68 bits per heavy atom. The second kappa shape index (κ2) is 6.64. The molecule has 3 unspecified atom stereocenters. The summed E-state index contributed by atoms with van der Waals surface area (Å²) in [6.07, 6.45) is 5.31. The number of nitrogens with zero attached hydrogens (tertiary/aromatic N) is 1. The highest BCUT2D eigenvalue weighted by Gasteiger charge is 2.45. The number of carboxylic acids is 1. The average molecular weight is 343 g/mol. The van der Waals surface area contributed by atoms with Crippen LogP contribution in [0.2, 0.25) is 0 Å². The number of carboxylic acid groups (broad SMARTS) is 1. The van der Waals surface area contributed by atoms with Crippen LogP contribution in [0.4, 0.5) is 4.39 Å². The summed E-state index contributed by atoms with van der Waals surface area (Å²) in [5, 5.41) is 9.61. The molecule has 1 aliphatic heterocycles. The van der Waals surface area contributed by atoms with Crippen molar-refractivity contribution in [2.24, 2.45) is 5.92 Å². The number of hydrogen-bond acceptors (Lipinski definition) is 3. The van der Waals surface area contributed by atoms with E-state index in [1.54, 1.807) is 12.1 Å². The first kappa shape index (κ1) is 16.3. The van der Waals surface area contributed by atoms with Gasteiger partial charge in [0, 0.05) is 11.6 Å². The van der Waals surface area contributed by atoms with E-state index in [1.165, 1.54) is 25.0 Å². The van der Waals surface area contributed by atoms with Crippen molar-refractivity contribution in [1.82, 2.24) is 4.90 Å². The first-order valence-corrected chi connectivity index (χ1v) is 8.95. The Morgan fingerprint density at radius 1 is 1.16 bits per heavy atom. The molecule has 0 radical (unpaired) electrons. The van der Waals surface area contributed by atoms with E-state index in [2.05, 4.69) is 4.90 Å². The third-order valence-electron chi connectivity index (χ3n) is 5.64. The zero-order valence-corrected chi connectivity index (χ0v) is 14.0. The summed E-state index contributed by atoms with van der Waals surface area (Å²) in [5.41, 5.74) is 0.819. The number of carbonyl (C=O) groups is 1. The predicted octanol–water partition coefficient (Wildman–Crippen LogP) is 4.30. The molecule has 1 saturated carbocycles. The minimum atomic E-state index is -0.736. The quantitative estimate of drug-likeness (QED) is 0.899. The van der Waals surface area contributed by atoms with Gasteiger partial charge in [-0.3, -0.25) is 9.69 Å². The molecule has 132 valence electrons. The minimum Gasteiger partial charge on any atom is -0.480 e. The third kappa shape index (κ3) is 3.21. The number of halogens is 1. The molecular formula is C20H22FNO3. The lowest BCUT2D eigenvalue weighted by Gasteiger charge is -2.32. The first-order chi connectivity index (χ1) is 12.1. The van der Waals surface area contributed by atoms with Gasteiger partial charge in [-0.25, -0.2) is 4.39 Å². The molecule has 1 saturated heterocycles. The maximum atomic E-state index is 13.1. The van der Waals surface area contributed by atoms with Crippen molar-refractivity contribution in [3.05, 3.63) is 48.0 Å². The molecule has 0 bridgehead atoms.